The molecule has 0 spiro atoms. The third-order valence-electron chi connectivity index (χ3n) is 4.88. The van der Waals surface area contributed by atoms with Crippen molar-refractivity contribution in [2.45, 2.75) is 33.1 Å². The molecule has 2 aromatic heterocycles. The summed E-state index contributed by atoms with van der Waals surface area (Å²) in [6.07, 6.45) is 7.03. The van der Waals surface area contributed by atoms with E-state index in [4.69, 9.17) is 4.74 Å². The lowest BCUT2D eigenvalue weighted by molar-refractivity contribution is 0.244. The number of nitrogens with zero attached hydrogens (tertiary/aromatic N) is 5. The van der Waals surface area contributed by atoms with Crippen molar-refractivity contribution in [3.8, 4) is 5.88 Å². The molecule has 0 radical (unpaired) electrons. The number of pyridine rings is 1. The van der Waals surface area contributed by atoms with Crippen LogP contribution in [0.25, 0.3) is 0 Å². The number of piperazine rings is 1. The van der Waals surface area contributed by atoms with Crippen LogP contribution in [0.4, 0.5) is 5.82 Å². The predicted molar refractivity (Wildman–Crippen MR) is 104 cm³/mol. The zero-order chi connectivity index (χ0) is 18.2. The molecule has 3 heterocycles. The molecule has 0 amide bonds. The van der Waals surface area contributed by atoms with Gasteiger partial charge in [-0.3, -0.25) is 9.88 Å². The fourth-order valence-corrected chi connectivity index (χ4v) is 3.12. The predicted octanol–water partition coefficient (Wildman–Crippen LogP) is 2.86. The second-order valence-corrected chi connectivity index (χ2v) is 6.80. The quantitative estimate of drug-likeness (QED) is 0.679. The topological polar surface area (TPSA) is 54.4 Å². The van der Waals surface area contributed by atoms with Crippen molar-refractivity contribution in [1.29, 1.82) is 0 Å². The van der Waals surface area contributed by atoms with Gasteiger partial charge in [0.15, 0.2) is 0 Å². The van der Waals surface area contributed by atoms with E-state index in [-0.39, 0.29) is 0 Å². The molecule has 26 heavy (non-hydrogen) atoms. The van der Waals surface area contributed by atoms with Gasteiger partial charge in [0.2, 0.25) is 5.88 Å². The molecular weight excluding hydrogens is 326 g/mol. The Bertz CT molecular complexity index is 671. The highest BCUT2D eigenvalue weighted by Crippen LogP contribution is 2.13. The second-order valence-electron chi connectivity index (χ2n) is 6.80. The summed E-state index contributed by atoms with van der Waals surface area (Å²) in [6, 6.07) is 6.12. The van der Waals surface area contributed by atoms with E-state index in [0.29, 0.717) is 12.5 Å². The summed E-state index contributed by atoms with van der Waals surface area (Å²) in [5.74, 6) is 1.73. The van der Waals surface area contributed by atoms with Gasteiger partial charge in [-0.2, -0.15) is 0 Å². The molecule has 1 fully saturated rings. The fourth-order valence-electron chi connectivity index (χ4n) is 3.12. The normalized spacial score (nSPS) is 15.2. The molecule has 0 aromatic carbocycles. The number of rotatable bonds is 8. The van der Waals surface area contributed by atoms with Crippen molar-refractivity contribution in [3.05, 3.63) is 42.0 Å². The highest BCUT2D eigenvalue weighted by Gasteiger charge is 2.17. The Labute approximate surface area is 156 Å². The molecule has 6 heteroatoms. The van der Waals surface area contributed by atoms with E-state index >= 15 is 0 Å². The molecule has 2 aromatic rings. The number of anilines is 1. The molecule has 0 saturated carbocycles. The Balaban J connectivity index is 1.26. The van der Waals surface area contributed by atoms with Crippen molar-refractivity contribution in [2.75, 3.05) is 44.2 Å². The maximum Gasteiger partial charge on any atom is 0.232 e. The number of hydrogen-bond donors (Lipinski definition) is 0. The Morgan fingerprint density at radius 2 is 1.81 bits per heavy atom. The van der Waals surface area contributed by atoms with Crippen LogP contribution in [0.2, 0.25) is 0 Å². The largest absolute Gasteiger partial charge is 0.477 e. The van der Waals surface area contributed by atoms with Gasteiger partial charge in [-0.25, -0.2) is 9.97 Å². The van der Waals surface area contributed by atoms with E-state index in [0.717, 1.165) is 49.8 Å². The molecular formula is C20H29N5O. The van der Waals surface area contributed by atoms with Gasteiger partial charge in [0, 0.05) is 32.4 Å². The molecule has 0 unspecified atom stereocenters. The highest BCUT2D eigenvalue weighted by molar-refractivity contribution is 5.38. The van der Waals surface area contributed by atoms with Crippen LogP contribution >= 0.6 is 0 Å². The summed E-state index contributed by atoms with van der Waals surface area (Å²) in [4.78, 5) is 18.0. The van der Waals surface area contributed by atoms with Crippen molar-refractivity contribution >= 4 is 5.82 Å². The summed E-state index contributed by atoms with van der Waals surface area (Å²) in [6.45, 7) is 10.2. The Kier molecular flexibility index (Phi) is 6.77. The van der Waals surface area contributed by atoms with Gasteiger partial charge in [-0.05, 0) is 51.8 Å². The van der Waals surface area contributed by atoms with E-state index in [1.54, 1.807) is 6.20 Å². The Hall–Kier alpha value is -2.21. The first-order chi connectivity index (χ1) is 12.7. The van der Waals surface area contributed by atoms with E-state index in [1.165, 1.54) is 19.4 Å². The van der Waals surface area contributed by atoms with Gasteiger partial charge in [0.1, 0.15) is 5.82 Å². The molecule has 0 bridgehead atoms. The lowest BCUT2D eigenvalue weighted by atomic mass is 10.2. The zero-order valence-corrected chi connectivity index (χ0v) is 15.9. The third-order valence-corrected chi connectivity index (χ3v) is 4.88. The molecule has 6 nitrogen and oxygen atoms in total. The van der Waals surface area contributed by atoms with E-state index in [1.807, 2.05) is 26.1 Å². The minimum atomic E-state index is 0.638. The summed E-state index contributed by atoms with van der Waals surface area (Å²) in [5.41, 5.74) is 1.90. The highest BCUT2D eigenvalue weighted by atomic mass is 16.5. The standard InChI is InChI=1S/C20H29N5O/c1-17-18(2)23-20(16-22-17)26-15-7-3-6-10-24-11-13-25(14-12-24)19-8-4-5-9-21-19/h4-5,8-9,16H,3,6-7,10-15H2,1-2H3. The molecule has 0 N–H and O–H groups in total. The Morgan fingerprint density at radius 3 is 2.54 bits per heavy atom. The molecule has 3 rings (SSSR count). The maximum absolute atomic E-state index is 5.70. The number of ether oxygens (including phenoxy) is 1. The van der Waals surface area contributed by atoms with Crippen LogP contribution in [0, 0.1) is 13.8 Å². The minimum Gasteiger partial charge on any atom is -0.477 e. The number of aryl methyl sites for hydroxylation is 2. The van der Waals surface area contributed by atoms with Crippen LogP contribution in [0.5, 0.6) is 5.88 Å². The van der Waals surface area contributed by atoms with Crippen LogP contribution in [0.1, 0.15) is 30.7 Å². The average Bonchev–Trinajstić information content (AvgIpc) is 2.68. The molecule has 0 atom stereocenters. The molecule has 1 aliphatic rings. The average molecular weight is 355 g/mol. The van der Waals surface area contributed by atoms with E-state index in [2.05, 4.69) is 36.9 Å². The minimum absolute atomic E-state index is 0.638. The van der Waals surface area contributed by atoms with E-state index < -0.39 is 0 Å². The third kappa shape index (κ3) is 5.39. The van der Waals surface area contributed by atoms with Crippen LogP contribution in [-0.2, 0) is 0 Å². The summed E-state index contributed by atoms with van der Waals surface area (Å²) in [7, 11) is 0. The lowest BCUT2D eigenvalue weighted by Gasteiger charge is -2.35. The van der Waals surface area contributed by atoms with Crippen molar-refractivity contribution in [3.63, 3.8) is 0 Å². The van der Waals surface area contributed by atoms with Gasteiger partial charge < -0.3 is 9.64 Å². The number of hydrogen-bond acceptors (Lipinski definition) is 6. The van der Waals surface area contributed by atoms with Gasteiger partial charge in [-0.1, -0.05) is 6.07 Å². The maximum atomic E-state index is 5.70. The summed E-state index contributed by atoms with van der Waals surface area (Å²) in [5, 5.41) is 0. The summed E-state index contributed by atoms with van der Waals surface area (Å²) >= 11 is 0. The van der Waals surface area contributed by atoms with Crippen molar-refractivity contribution in [1.82, 2.24) is 19.9 Å². The first-order valence-electron chi connectivity index (χ1n) is 9.54. The second kappa shape index (κ2) is 9.48. The van der Waals surface area contributed by atoms with E-state index in [9.17, 15) is 0 Å². The first-order valence-corrected chi connectivity index (χ1v) is 9.54. The first kappa shape index (κ1) is 18.6. The number of unbranched alkanes of at least 4 members (excludes halogenated alkanes) is 2. The van der Waals surface area contributed by atoms with Gasteiger partial charge in [-0.15, -0.1) is 0 Å². The van der Waals surface area contributed by atoms with Crippen molar-refractivity contribution in [2.24, 2.45) is 0 Å². The molecule has 140 valence electrons. The van der Waals surface area contributed by atoms with Crippen LogP contribution in [0.3, 0.4) is 0 Å². The smallest absolute Gasteiger partial charge is 0.232 e. The molecule has 1 aliphatic heterocycles. The molecule has 0 aliphatic carbocycles. The van der Waals surface area contributed by atoms with Crippen molar-refractivity contribution < 1.29 is 4.74 Å². The lowest BCUT2D eigenvalue weighted by Crippen LogP contribution is -2.46. The molecule has 1 saturated heterocycles. The SMILES string of the molecule is Cc1ncc(OCCCCCN2CCN(c3ccccn3)CC2)nc1C. The van der Waals surface area contributed by atoms with Crippen LogP contribution in [-0.4, -0.2) is 59.2 Å². The fraction of sp³-hybridized carbons (Fsp3) is 0.550. The van der Waals surface area contributed by atoms with Gasteiger partial charge >= 0.3 is 0 Å². The summed E-state index contributed by atoms with van der Waals surface area (Å²) < 4.78 is 5.70. The van der Waals surface area contributed by atoms with Gasteiger partial charge in [0.05, 0.1) is 24.2 Å². The zero-order valence-electron chi connectivity index (χ0n) is 15.9. The Morgan fingerprint density at radius 1 is 0.962 bits per heavy atom. The van der Waals surface area contributed by atoms with Gasteiger partial charge in [0.25, 0.3) is 0 Å². The van der Waals surface area contributed by atoms with Crippen LogP contribution in [0.15, 0.2) is 30.6 Å². The number of aromatic nitrogens is 3. The van der Waals surface area contributed by atoms with Crippen LogP contribution < -0.4 is 9.64 Å². The monoisotopic (exact) mass is 355 g/mol.